The van der Waals surface area contributed by atoms with E-state index in [2.05, 4.69) is 9.62 Å². The minimum atomic E-state index is -3.32. The molecule has 1 heterocycles. The van der Waals surface area contributed by atoms with Crippen LogP contribution in [0.25, 0.3) is 0 Å². The van der Waals surface area contributed by atoms with Gasteiger partial charge in [0.25, 0.3) is 0 Å². The number of likely N-dealkylation sites (tertiary alicyclic amines) is 1. The molecule has 2 rings (SSSR count). The molecule has 0 aromatic heterocycles. The van der Waals surface area contributed by atoms with Crippen LogP contribution in [0.15, 0.2) is 24.3 Å². The van der Waals surface area contributed by atoms with E-state index in [1.165, 1.54) is 0 Å². The second-order valence-corrected chi connectivity index (χ2v) is 6.69. The Balaban J connectivity index is 1.98. The number of hydrogen-bond acceptors (Lipinski definition) is 4. The summed E-state index contributed by atoms with van der Waals surface area (Å²) < 4.78 is 26.8. The summed E-state index contributed by atoms with van der Waals surface area (Å²) in [5.74, 6) is -0.0427. The van der Waals surface area contributed by atoms with Crippen molar-refractivity contribution in [2.24, 2.45) is 0 Å². The van der Waals surface area contributed by atoms with Crippen molar-refractivity contribution in [2.45, 2.75) is 18.2 Å². The van der Waals surface area contributed by atoms with E-state index in [0.717, 1.165) is 19.5 Å². The molecular formula is C13H17N3O2S. The van der Waals surface area contributed by atoms with Gasteiger partial charge in [0.05, 0.1) is 17.4 Å². The third-order valence-corrected chi connectivity index (χ3v) is 4.58. The fraction of sp³-hybridized carbons (Fsp3) is 0.462. The topological polar surface area (TPSA) is 73.2 Å². The molecule has 1 saturated heterocycles. The van der Waals surface area contributed by atoms with Crippen molar-refractivity contribution < 1.29 is 8.42 Å². The standard InChI is InChI=1S/C13H17N3O2S/c1-16-7-6-13(9-16)15-19(17,18)10-12-4-2-11(8-14)3-5-12/h2-5,13,15H,6-7,9-10H2,1H3. The highest BCUT2D eigenvalue weighted by Crippen LogP contribution is 2.11. The van der Waals surface area contributed by atoms with Crippen molar-refractivity contribution in [1.82, 2.24) is 9.62 Å². The first-order valence-electron chi connectivity index (χ1n) is 6.16. The van der Waals surface area contributed by atoms with Gasteiger partial charge in [0, 0.05) is 12.6 Å². The van der Waals surface area contributed by atoms with E-state index in [1.807, 2.05) is 13.1 Å². The molecule has 1 N–H and O–H groups in total. The summed E-state index contributed by atoms with van der Waals surface area (Å²) in [6.45, 7) is 1.68. The third-order valence-electron chi connectivity index (χ3n) is 3.18. The number of nitrogens with zero attached hydrogens (tertiary/aromatic N) is 2. The maximum Gasteiger partial charge on any atom is 0.216 e. The lowest BCUT2D eigenvalue weighted by Crippen LogP contribution is -2.37. The Hall–Kier alpha value is -1.42. The van der Waals surface area contributed by atoms with Gasteiger partial charge in [-0.05, 0) is 37.7 Å². The van der Waals surface area contributed by atoms with E-state index in [0.29, 0.717) is 11.1 Å². The van der Waals surface area contributed by atoms with Gasteiger partial charge >= 0.3 is 0 Å². The van der Waals surface area contributed by atoms with Crippen LogP contribution in [-0.2, 0) is 15.8 Å². The smallest absolute Gasteiger partial charge is 0.216 e. The molecule has 0 saturated carbocycles. The van der Waals surface area contributed by atoms with Gasteiger partial charge < -0.3 is 4.90 Å². The number of benzene rings is 1. The molecule has 1 atom stereocenters. The van der Waals surface area contributed by atoms with E-state index in [-0.39, 0.29) is 11.8 Å². The monoisotopic (exact) mass is 279 g/mol. The summed E-state index contributed by atoms with van der Waals surface area (Å²) in [5.41, 5.74) is 1.23. The van der Waals surface area contributed by atoms with Gasteiger partial charge in [-0.1, -0.05) is 12.1 Å². The minimum Gasteiger partial charge on any atom is -0.305 e. The number of sulfonamides is 1. The molecule has 1 aliphatic rings. The van der Waals surface area contributed by atoms with Gasteiger partial charge in [0.1, 0.15) is 0 Å². The van der Waals surface area contributed by atoms with Crippen molar-refractivity contribution >= 4 is 10.0 Å². The lowest BCUT2D eigenvalue weighted by atomic mass is 10.2. The molecule has 0 bridgehead atoms. The molecule has 0 amide bonds. The van der Waals surface area contributed by atoms with E-state index in [9.17, 15) is 8.42 Å². The number of likely N-dealkylation sites (N-methyl/N-ethyl adjacent to an activating group) is 1. The first-order chi connectivity index (χ1) is 8.98. The van der Waals surface area contributed by atoms with Gasteiger partial charge in [-0.15, -0.1) is 0 Å². The highest BCUT2D eigenvalue weighted by Gasteiger charge is 2.24. The second kappa shape index (κ2) is 5.70. The minimum absolute atomic E-state index is 0.00776. The Bertz CT molecular complexity index is 575. The third kappa shape index (κ3) is 4.03. The average Bonchev–Trinajstić information content (AvgIpc) is 2.74. The van der Waals surface area contributed by atoms with E-state index >= 15 is 0 Å². The Morgan fingerprint density at radius 2 is 2.11 bits per heavy atom. The highest BCUT2D eigenvalue weighted by atomic mass is 32.2. The molecule has 1 aromatic rings. The summed E-state index contributed by atoms with van der Waals surface area (Å²) in [5, 5.41) is 8.69. The zero-order chi connectivity index (χ0) is 13.9. The second-order valence-electron chi connectivity index (χ2n) is 4.93. The predicted octanol–water partition coefficient (Wildman–Crippen LogP) is 0.682. The van der Waals surface area contributed by atoms with E-state index in [4.69, 9.17) is 5.26 Å². The molecule has 19 heavy (non-hydrogen) atoms. The molecule has 0 aliphatic carbocycles. The fourth-order valence-corrected chi connectivity index (χ4v) is 3.64. The Labute approximate surface area is 113 Å². The van der Waals surface area contributed by atoms with Gasteiger partial charge in [-0.3, -0.25) is 0 Å². The zero-order valence-corrected chi connectivity index (χ0v) is 11.7. The van der Waals surface area contributed by atoms with Crippen molar-refractivity contribution in [3.05, 3.63) is 35.4 Å². The normalized spacial score (nSPS) is 20.3. The summed E-state index contributed by atoms with van der Waals surface area (Å²) in [4.78, 5) is 2.11. The largest absolute Gasteiger partial charge is 0.305 e. The molecule has 1 aromatic carbocycles. The zero-order valence-electron chi connectivity index (χ0n) is 10.8. The average molecular weight is 279 g/mol. The number of nitrogens with one attached hydrogen (secondary N) is 1. The summed E-state index contributed by atoms with van der Waals surface area (Å²) in [6.07, 6.45) is 0.850. The SMILES string of the molecule is CN1CCC(NS(=O)(=O)Cc2ccc(C#N)cc2)C1. The van der Waals surface area contributed by atoms with Gasteiger partial charge in [-0.2, -0.15) is 5.26 Å². The molecule has 6 heteroatoms. The quantitative estimate of drug-likeness (QED) is 0.879. The fourth-order valence-electron chi connectivity index (χ4n) is 2.22. The molecule has 5 nitrogen and oxygen atoms in total. The van der Waals surface area contributed by atoms with Crippen LogP contribution >= 0.6 is 0 Å². The summed E-state index contributed by atoms with van der Waals surface area (Å²) >= 11 is 0. The van der Waals surface area contributed by atoms with Crippen LogP contribution < -0.4 is 4.72 Å². The molecule has 1 aliphatic heterocycles. The molecule has 0 spiro atoms. The van der Waals surface area contributed by atoms with Crippen LogP contribution in [-0.4, -0.2) is 39.5 Å². The Kier molecular flexibility index (Phi) is 4.20. The van der Waals surface area contributed by atoms with Crippen molar-refractivity contribution in [3.63, 3.8) is 0 Å². The van der Waals surface area contributed by atoms with E-state index in [1.54, 1.807) is 24.3 Å². The first-order valence-corrected chi connectivity index (χ1v) is 7.81. The van der Waals surface area contributed by atoms with Gasteiger partial charge in [0.15, 0.2) is 0 Å². The lowest BCUT2D eigenvalue weighted by Gasteiger charge is -2.13. The van der Waals surface area contributed by atoms with Crippen molar-refractivity contribution in [3.8, 4) is 6.07 Å². The van der Waals surface area contributed by atoms with Crippen LogP contribution in [0.4, 0.5) is 0 Å². The van der Waals surface area contributed by atoms with E-state index < -0.39 is 10.0 Å². The highest BCUT2D eigenvalue weighted by molar-refractivity contribution is 7.88. The molecule has 1 unspecified atom stereocenters. The van der Waals surface area contributed by atoms with Crippen LogP contribution in [0.5, 0.6) is 0 Å². The number of nitriles is 1. The Morgan fingerprint density at radius 3 is 2.63 bits per heavy atom. The molecule has 102 valence electrons. The first kappa shape index (κ1) is 14.0. The van der Waals surface area contributed by atoms with Crippen molar-refractivity contribution in [1.29, 1.82) is 5.26 Å². The molecular weight excluding hydrogens is 262 g/mol. The van der Waals surface area contributed by atoms with Gasteiger partial charge in [0.2, 0.25) is 10.0 Å². The maximum atomic E-state index is 12.0. The number of rotatable bonds is 4. The lowest BCUT2D eigenvalue weighted by molar-refractivity contribution is 0.407. The van der Waals surface area contributed by atoms with Crippen molar-refractivity contribution in [2.75, 3.05) is 20.1 Å². The van der Waals surface area contributed by atoms with Crippen LogP contribution in [0.2, 0.25) is 0 Å². The predicted molar refractivity (Wildman–Crippen MR) is 72.8 cm³/mol. The van der Waals surface area contributed by atoms with Crippen LogP contribution in [0, 0.1) is 11.3 Å². The summed E-state index contributed by atoms with van der Waals surface area (Å²) in [7, 11) is -1.34. The molecule has 0 radical (unpaired) electrons. The van der Waals surface area contributed by atoms with Gasteiger partial charge in [-0.25, -0.2) is 13.1 Å². The number of hydrogen-bond donors (Lipinski definition) is 1. The van der Waals surface area contributed by atoms with Crippen LogP contribution in [0.1, 0.15) is 17.5 Å². The van der Waals surface area contributed by atoms with Crippen LogP contribution in [0.3, 0.4) is 0 Å². The molecule has 1 fully saturated rings. The Morgan fingerprint density at radius 1 is 1.42 bits per heavy atom. The summed E-state index contributed by atoms with van der Waals surface area (Å²) in [6, 6.07) is 8.64. The maximum absolute atomic E-state index is 12.0.